The molecule has 1 aliphatic rings. The fraction of sp³-hybridized carbons (Fsp3) is 0.600. The standard InChI is InChI=1S/C15H21NO2/c1-3-6-15(14(17)18)7-4-13(10-15)12-5-8-16-11(2)9-12/h5,8-9,13H,3-4,6-7,10H2,1-2H3,(H,17,18)/t13-,15+/m0/s1. The summed E-state index contributed by atoms with van der Waals surface area (Å²) < 4.78 is 0. The maximum Gasteiger partial charge on any atom is 0.309 e. The maximum atomic E-state index is 11.5. The predicted octanol–water partition coefficient (Wildman–Crippen LogP) is 3.53. The molecule has 98 valence electrons. The van der Waals surface area contributed by atoms with E-state index in [9.17, 15) is 9.90 Å². The molecule has 1 fully saturated rings. The zero-order valence-electron chi connectivity index (χ0n) is 11.1. The lowest BCUT2D eigenvalue weighted by molar-refractivity contribution is -0.149. The van der Waals surface area contributed by atoms with Crippen LogP contribution < -0.4 is 0 Å². The minimum atomic E-state index is -0.613. The fourth-order valence-electron chi connectivity index (χ4n) is 3.24. The number of carboxylic acid groups (broad SMARTS) is 1. The first-order valence-electron chi connectivity index (χ1n) is 6.73. The zero-order valence-corrected chi connectivity index (χ0v) is 11.1. The van der Waals surface area contributed by atoms with Crippen molar-refractivity contribution in [1.82, 2.24) is 4.98 Å². The highest BCUT2D eigenvalue weighted by atomic mass is 16.4. The molecule has 0 aromatic carbocycles. The molecule has 0 amide bonds. The normalized spacial score (nSPS) is 27.3. The second-order valence-electron chi connectivity index (χ2n) is 5.51. The Morgan fingerprint density at radius 3 is 3.00 bits per heavy atom. The Morgan fingerprint density at radius 1 is 1.61 bits per heavy atom. The van der Waals surface area contributed by atoms with Crippen LogP contribution in [-0.2, 0) is 4.79 Å². The van der Waals surface area contributed by atoms with Crippen LogP contribution in [0, 0.1) is 12.3 Å². The van der Waals surface area contributed by atoms with Gasteiger partial charge in [0.05, 0.1) is 5.41 Å². The summed E-state index contributed by atoms with van der Waals surface area (Å²) in [5.41, 5.74) is 1.77. The number of hydrogen-bond acceptors (Lipinski definition) is 2. The number of rotatable bonds is 4. The number of nitrogens with zero attached hydrogens (tertiary/aromatic N) is 1. The molecule has 2 rings (SSSR count). The first kappa shape index (κ1) is 13.1. The van der Waals surface area contributed by atoms with E-state index in [0.717, 1.165) is 37.8 Å². The molecule has 3 heteroatoms. The molecule has 0 unspecified atom stereocenters. The molecule has 1 aromatic rings. The molecule has 1 aliphatic carbocycles. The van der Waals surface area contributed by atoms with Gasteiger partial charge in [0.1, 0.15) is 0 Å². The van der Waals surface area contributed by atoms with Crippen LogP contribution in [0.1, 0.15) is 56.2 Å². The average Bonchev–Trinajstić information content (AvgIpc) is 2.75. The maximum absolute atomic E-state index is 11.5. The number of carboxylic acids is 1. The lowest BCUT2D eigenvalue weighted by Gasteiger charge is -2.23. The van der Waals surface area contributed by atoms with Crippen molar-refractivity contribution in [2.24, 2.45) is 5.41 Å². The third-order valence-electron chi connectivity index (χ3n) is 4.18. The van der Waals surface area contributed by atoms with E-state index in [-0.39, 0.29) is 0 Å². The summed E-state index contributed by atoms with van der Waals surface area (Å²) in [5, 5.41) is 9.50. The minimum Gasteiger partial charge on any atom is -0.481 e. The molecule has 0 bridgehead atoms. The van der Waals surface area contributed by atoms with Gasteiger partial charge in [0, 0.05) is 11.9 Å². The number of aryl methyl sites for hydroxylation is 1. The van der Waals surface area contributed by atoms with Gasteiger partial charge in [-0.15, -0.1) is 0 Å². The largest absolute Gasteiger partial charge is 0.481 e. The molecule has 0 spiro atoms. The molecule has 1 aromatic heterocycles. The Labute approximate surface area is 108 Å². The Morgan fingerprint density at radius 2 is 2.39 bits per heavy atom. The van der Waals surface area contributed by atoms with Crippen LogP contribution in [0.25, 0.3) is 0 Å². The second-order valence-corrected chi connectivity index (χ2v) is 5.51. The summed E-state index contributed by atoms with van der Waals surface area (Å²) in [6, 6.07) is 4.12. The van der Waals surface area contributed by atoms with Gasteiger partial charge in [-0.2, -0.15) is 0 Å². The van der Waals surface area contributed by atoms with Crippen molar-refractivity contribution >= 4 is 5.97 Å². The van der Waals surface area contributed by atoms with E-state index in [0.29, 0.717) is 5.92 Å². The topological polar surface area (TPSA) is 50.2 Å². The first-order chi connectivity index (χ1) is 8.57. The zero-order chi connectivity index (χ0) is 13.2. The molecule has 0 aliphatic heterocycles. The van der Waals surface area contributed by atoms with Crippen LogP contribution in [0.5, 0.6) is 0 Å². The van der Waals surface area contributed by atoms with Crippen molar-refractivity contribution < 1.29 is 9.90 Å². The van der Waals surface area contributed by atoms with Gasteiger partial charge in [0.2, 0.25) is 0 Å². The van der Waals surface area contributed by atoms with E-state index >= 15 is 0 Å². The van der Waals surface area contributed by atoms with Crippen molar-refractivity contribution in [2.45, 2.75) is 51.9 Å². The van der Waals surface area contributed by atoms with Gasteiger partial charge in [0.15, 0.2) is 0 Å². The highest BCUT2D eigenvalue weighted by Gasteiger charge is 2.44. The number of pyridine rings is 1. The molecule has 2 atom stereocenters. The third kappa shape index (κ3) is 2.40. The van der Waals surface area contributed by atoms with Crippen LogP contribution in [0.4, 0.5) is 0 Å². The van der Waals surface area contributed by atoms with Crippen LogP contribution in [-0.4, -0.2) is 16.1 Å². The van der Waals surface area contributed by atoms with Gasteiger partial charge in [-0.3, -0.25) is 9.78 Å². The fourth-order valence-corrected chi connectivity index (χ4v) is 3.24. The number of aliphatic carboxylic acids is 1. The Hall–Kier alpha value is -1.38. The average molecular weight is 247 g/mol. The lowest BCUT2D eigenvalue weighted by atomic mass is 9.80. The van der Waals surface area contributed by atoms with Crippen LogP contribution in [0.15, 0.2) is 18.3 Å². The van der Waals surface area contributed by atoms with Gasteiger partial charge in [0.25, 0.3) is 0 Å². The van der Waals surface area contributed by atoms with Gasteiger partial charge < -0.3 is 5.11 Å². The van der Waals surface area contributed by atoms with Crippen molar-refractivity contribution in [3.8, 4) is 0 Å². The predicted molar refractivity (Wildman–Crippen MR) is 70.5 cm³/mol. The van der Waals surface area contributed by atoms with E-state index in [1.165, 1.54) is 5.56 Å². The summed E-state index contributed by atoms with van der Waals surface area (Å²) in [5.74, 6) is -0.230. The van der Waals surface area contributed by atoms with Crippen LogP contribution in [0.2, 0.25) is 0 Å². The molecule has 1 saturated carbocycles. The van der Waals surface area contributed by atoms with Gasteiger partial charge in [-0.1, -0.05) is 13.3 Å². The molecule has 1 heterocycles. The minimum absolute atomic E-state index is 0.384. The number of hydrogen-bond donors (Lipinski definition) is 1. The Balaban J connectivity index is 2.18. The monoisotopic (exact) mass is 247 g/mol. The first-order valence-corrected chi connectivity index (χ1v) is 6.73. The van der Waals surface area contributed by atoms with Crippen LogP contribution >= 0.6 is 0 Å². The van der Waals surface area contributed by atoms with Gasteiger partial charge in [-0.25, -0.2) is 0 Å². The lowest BCUT2D eigenvalue weighted by Crippen LogP contribution is -2.27. The van der Waals surface area contributed by atoms with Gasteiger partial charge in [-0.05, 0) is 56.2 Å². The van der Waals surface area contributed by atoms with Crippen molar-refractivity contribution in [3.05, 3.63) is 29.6 Å². The van der Waals surface area contributed by atoms with E-state index in [1.807, 2.05) is 19.2 Å². The highest BCUT2D eigenvalue weighted by molar-refractivity contribution is 5.75. The molecular formula is C15H21NO2. The highest BCUT2D eigenvalue weighted by Crippen LogP contribution is 2.49. The summed E-state index contributed by atoms with van der Waals surface area (Å²) in [6.45, 7) is 4.05. The summed E-state index contributed by atoms with van der Waals surface area (Å²) in [4.78, 5) is 15.7. The second kappa shape index (κ2) is 5.09. The van der Waals surface area contributed by atoms with E-state index in [1.54, 1.807) is 0 Å². The molecule has 1 N–H and O–H groups in total. The summed E-state index contributed by atoms with van der Waals surface area (Å²) in [6.07, 6.45) is 6.13. The number of aromatic nitrogens is 1. The molecule has 3 nitrogen and oxygen atoms in total. The van der Waals surface area contributed by atoms with Gasteiger partial charge >= 0.3 is 5.97 Å². The third-order valence-corrected chi connectivity index (χ3v) is 4.18. The smallest absolute Gasteiger partial charge is 0.309 e. The van der Waals surface area contributed by atoms with E-state index < -0.39 is 11.4 Å². The Bertz CT molecular complexity index is 444. The summed E-state index contributed by atoms with van der Waals surface area (Å²) in [7, 11) is 0. The van der Waals surface area contributed by atoms with E-state index in [4.69, 9.17) is 0 Å². The van der Waals surface area contributed by atoms with Crippen molar-refractivity contribution in [3.63, 3.8) is 0 Å². The van der Waals surface area contributed by atoms with E-state index in [2.05, 4.69) is 18.0 Å². The summed E-state index contributed by atoms with van der Waals surface area (Å²) >= 11 is 0. The Kier molecular flexibility index (Phi) is 3.69. The number of carbonyl (C=O) groups is 1. The van der Waals surface area contributed by atoms with Crippen molar-refractivity contribution in [1.29, 1.82) is 0 Å². The SMILES string of the molecule is CCC[C@@]1(C(=O)O)CC[C@H](c2ccnc(C)c2)C1. The molecule has 18 heavy (non-hydrogen) atoms. The molecule has 0 radical (unpaired) electrons. The molecular weight excluding hydrogens is 226 g/mol. The van der Waals surface area contributed by atoms with Crippen molar-refractivity contribution in [2.75, 3.05) is 0 Å². The molecule has 0 saturated heterocycles. The van der Waals surface area contributed by atoms with Crippen LogP contribution in [0.3, 0.4) is 0 Å². The quantitative estimate of drug-likeness (QED) is 0.885.